The Bertz CT molecular complexity index is 495. The van der Waals surface area contributed by atoms with Crippen molar-refractivity contribution < 1.29 is 14.3 Å². The maximum atomic E-state index is 13.5. The van der Waals surface area contributed by atoms with Gasteiger partial charge in [0.15, 0.2) is 0 Å². The number of piperidine rings is 1. The average Bonchev–Trinajstić information content (AvgIpc) is 2.47. The number of thioether (sulfide) groups is 1. The first-order valence-electron chi connectivity index (χ1n) is 6.82. The molecule has 3 nitrogen and oxygen atoms in total. The summed E-state index contributed by atoms with van der Waals surface area (Å²) in [6.45, 7) is 2.70. The zero-order valence-electron chi connectivity index (χ0n) is 11.8. The number of rotatable bonds is 3. The van der Waals surface area contributed by atoms with E-state index in [1.807, 2.05) is 6.92 Å². The van der Waals surface area contributed by atoms with Crippen LogP contribution in [-0.2, 0) is 0 Å². The monoisotopic (exact) mass is 297 g/mol. The van der Waals surface area contributed by atoms with Gasteiger partial charge in [-0.05, 0) is 50.1 Å². The summed E-state index contributed by atoms with van der Waals surface area (Å²) in [4.78, 5) is 14.8. The molecule has 1 saturated heterocycles. The zero-order valence-corrected chi connectivity index (χ0v) is 12.6. The molecular formula is C15H20FNO2S. The Morgan fingerprint density at radius 2 is 2.25 bits per heavy atom. The Labute approximate surface area is 123 Å². The molecule has 0 saturated carbocycles. The van der Waals surface area contributed by atoms with Gasteiger partial charge in [0, 0.05) is 29.7 Å². The predicted octanol–water partition coefficient (Wildman–Crippen LogP) is 2.78. The highest BCUT2D eigenvalue weighted by Crippen LogP contribution is 2.26. The lowest BCUT2D eigenvalue weighted by Crippen LogP contribution is -2.46. The third-order valence-corrected chi connectivity index (χ3v) is 4.65. The van der Waals surface area contributed by atoms with Crippen LogP contribution in [0.1, 0.15) is 30.1 Å². The summed E-state index contributed by atoms with van der Waals surface area (Å²) in [7, 11) is 0. The van der Waals surface area contributed by atoms with Crippen LogP contribution in [0, 0.1) is 11.7 Å². The van der Waals surface area contributed by atoms with Crippen LogP contribution in [0.4, 0.5) is 4.39 Å². The first-order valence-corrected chi connectivity index (χ1v) is 8.04. The molecule has 1 aromatic rings. The standard InChI is InChI=1S/C15H20FNO2S/c1-10-3-4-11(9-18)8-17(10)15(19)12-5-6-13(16)14(7-12)20-2/h5-7,10-11,18H,3-4,8-9H2,1-2H3. The molecule has 0 radical (unpaired) electrons. The molecule has 2 rings (SSSR count). The summed E-state index contributed by atoms with van der Waals surface area (Å²) in [5.41, 5.74) is 0.515. The topological polar surface area (TPSA) is 40.5 Å². The molecule has 1 heterocycles. The number of nitrogens with zero attached hydrogens (tertiary/aromatic N) is 1. The van der Waals surface area contributed by atoms with Crippen molar-refractivity contribution in [2.75, 3.05) is 19.4 Å². The Morgan fingerprint density at radius 1 is 1.50 bits per heavy atom. The van der Waals surface area contributed by atoms with Crippen molar-refractivity contribution in [2.45, 2.75) is 30.7 Å². The number of halogens is 1. The molecule has 1 amide bonds. The number of aliphatic hydroxyl groups excluding tert-OH is 1. The minimum absolute atomic E-state index is 0.0778. The van der Waals surface area contributed by atoms with Crippen molar-refractivity contribution in [2.24, 2.45) is 5.92 Å². The normalized spacial score (nSPS) is 22.9. The molecule has 1 fully saturated rings. The van der Waals surface area contributed by atoms with Crippen LogP contribution in [0.25, 0.3) is 0 Å². The van der Waals surface area contributed by atoms with Gasteiger partial charge in [0.25, 0.3) is 5.91 Å². The molecule has 20 heavy (non-hydrogen) atoms. The van der Waals surface area contributed by atoms with E-state index in [0.29, 0.717) is 17.0 Å². The minimum Gasteiger partial charge on any atom is -0.396 e. The Balaban J connectivity index is 2.21. The number of hydrogen-bond donors (Lipinski definition) is 1. The number of hydrogen-bond acceptors (Lipinski definition) is 3. The van der Waals surface area contributed by atoms with Crippen molar-refractivity contribution in [3.63, 3.8) is 0 Å². The molecule has 1 N–H and O–H groups in total. The van der Waals surface area contributed by atoms with Gasteiger partial charge in [0.05, 0.1) is 0 Å². The summed E-state index contributed by atoms with van der Waals surface area (Å²) >= 11 is 1.29. The van der Waals surface area contributed by atoms with Crippen molar-refractivity contribution in [3.8, 4) is 0 Å². The van der Waals surface area contributed by atoms with Crippen LogP contribution in [0.5, 0.6) is 0 Å². The third kappa shape index (κ3) is 3.15. The fraction of sp³-hybridized carbons (Fsp3) is 0.533. The van der Waals surface area contributed by atoms with Gasteiger partial charge >= 0.3 is 0 Å². The van der Waals surface area contributed by atoms with Gasteiger partial charge in [-0.15, -0.1) is 11.8 Å². The lowest BCUT2D eigenvalue weighted by atomic mass is 9.93. The van der Waals surface area contributed by atoms with Crippen molar-refractivity contribution in [1.29, 1.82) is 0 Å². The molecule has 1 aromatic carbocycles. The first kappa shape index (κ1) is 15.3. The predicted molar refractivity (Wildman–Crippen MR) is 78.5 cm³/mol. The van der Waals surface area contributed by atoms with E-state index in [0.717, 1.165) is 12.8 Å². The van der Waals surface area contributed by atoms with E-state index < -0.39 is 0 Å². The minimum atomic E-state index is -0.297. The van der Waals surface area contributed by atoms with Crippen molar-refractivity contribution in [3.05, 3.63) is 29.6 Å². The molecule has 2 unspecified atom stereocenters. The van der Waals surface area contributed by atoms with Crippen LogP contribution >= 0.6 is 11.8 Å². The highest BCUT2D eigenvalue weighted by Gasteiger charge is 2.29. The number of likely N-dealkylation sites (tertiary alicyclic amines) is 1. The lowest BCUT2D eigenvalue weighted by Gasteiger charge is -2.37. The molecule has 0 bridgehead atoms. The number of aliphatic hydroxyl groups is 1. The highest BCUT2D eigenvalue weighted by molar-refractivity contribution is 7.98. The Kier molecular flexibility index (Phi) is 5.05. The molecule has 1 aliphatic heterocycles. The van der Waals surface area contributed by atoms with E-state index in [9.17, 15) is 14.3 Å². The summed E-state index contributed by atoms with van der Waals surface area (Å²) in [5.74, 6) is -0.226. The van der Waals surface area contributed by atoms with Crippen LogP contribution in [-0.4, -0.2) is 41.4 Å². The van der Waals surface area contributed by atoms with Gasteiger partial charge in [-0.2, -0.15) is 0 Å². The molecule has 2 atom stereocenters. The Hall–Kier alpha value is -1.07. The number of carbonyl (C=O) groups excluding carboxylic acids is 1. The van der Waals surface area contributed by atoms with E-state index in [2.05, 4.69) is 0 Å². The lowest BCUT2D eigenvalue weighted by molar-refractivity contribution is 0.0488. The maximum absolute atomic E-state index is 13.5. The van der Waals surface area contributed by atoms with Gasteiger partial charge in [0.1, 0.15) is 5.82 Å². The average molecular weight is 297 g/mol. The molecule has 0 aliphatic carbocycles. The van der Waals surface area contributed by atoms with Gasteiger partial charge in [-0.1, -0.05) is 0 Å². The SMILES string of the molecule is CSc1cc(C(=O)N2CC(CO)CCC2C)ccc1F. The van der Waals surface area contributed by atoms with E-state index in [1.165, 1.54) is 23.9 Å². The molecular weight excluding hydrogens is 277 g/mol. The zero-order chi connectivity index (χ0) is 14.7. The van der Waals surface area contributed by atoms with Crippen LogP contribution in [0.3, 0.4) is 0 Å². The van der Waals surface area contributed by atoms with Gasteiger partial charge in [-0.25, -0.2) is 4.39 Å². The van der Waals surface area contributed by atoms with Gasteiger partial charge in [0.2, 0.25) is 0 Å². The summed E-state index contributed by atoms with van der Waals surface area (Å²) in [5, 5.41) is 9.28. The quantitative estimate of drug-likeness (QED) is 0.872. The van der Waals surface area contributed by atoms with Crippen molar-refractivity contribution >= 4 is 17.7 Å². The Morgan fingerprint density at radius 3 is 2.90 bits per heavy atom. The van der Waals surface area contributed by atoms with Gasteiger partial charge < -0.3 is 10.0 Å². The molecule has 0 aromatic heterocycles. The smallest absolute Gasteiger partial charge is 0.254 e. The molecule has 0 spiro atoms. The third-order valence-electron chi connectivity index (χ3n) is 3.90. The fourth-order valence-electron chi connectivity index (χ4n) is 2.57. The van der Waals surface area contributed by atoms with Gasteiger partial charge in [-0.3, -0.25) is 4.79 Å². The second kappa shape index (κ2) is 6.59. The maximum Gasteiger partial charge on any atom is 0.254 e. The molecule has 110 valence electrons. The van der Waals surface area contributed by atoms with Crippen LogP contribution in [0.2, 0.25) is 0 Å². The number of benzene rings is 1. The second-order valence-corrected chi connectivity index (χ2v) is 6.13. The fourth-order valence-corrected chi connectivity index (χ4v) is 3.08. The molecule has 5 heteroatoms. The second-order valence-electron chi connectivity index (χ2n) is 5.28. The van der Waals surface area contributed by atoms with E-state index in [-0.39, 0.29) is 30.3 Å². The highest BCUT2D eigenvalue weighted by atomic mass is 32.2. The number of carbonyl (C=O) groups is 1. The summed E-state index contributed by atoms with van der Waals surface area (Å²) < 4.78 is 13.5. The van der Waals surface area contributed by atoms with E-state index in [4.69, 9.17) is 0 Å². The van der Waals surface area contributed by atoms with Crippen LogP contribution < -0.4 is 0 Å². The first-order chi connectivity index (χ1) is 9.56. The summed E-state index contributed by atoms with van der Waals surface area (Å²) in [6, 6.07) is 4.65. The molecule has 1 aliphatic rings. The van der Waals surface area contributed by atoms with Crippen LogP contribution in [0.15, 0.2) is 23.1 Å². The van der Waals surface area contributed by atoms with E-state index >= 15 is 0 Å². The van der Waals surface area contributed by atoms with E-state index in [1.54, 1.807) is 17.2 Å². The summed E-state index contributed by atoms with van der Waals surface area (Å²) in [6.07, 6.45) is 3.63. The van der Waals surface area contributed by atoms with Crippen molar-refractivity contribution in [1.82, 2.24) is 4.90 Å². The largest absolute Gasteiger partial charge is 0.396 e. The number of amides is 1.